The Kier molecular flexibility index (Phi) is 5.15. The summed E-state index contributed by atoms with van der Waals surface area (Å²) in [5, 5.41) is 22.7. The fraction of sp³-hybridized carbons (Fsp3) is 0.250. The summed E-state index contributed by atoms with van der Waals surface area (Å²) < 4.78 is 0. The maximum Gasteiger partial charge on any atom is 0.326 e. The molecule has 0 saturated heterocycles. The highest BCUT2D eigenvalue weighted by atomic mass is 35.5. The van der Waals surface area contributed by atoms with Gasteiger partial charge in [-0.2, -0.15) is 5.26 Å². The van der Waals surface area contributed by atoms with Gasteiger partial charge in [-0.15, -0.1) is 0 Å². The third-order valence-electron chi connectivity index (χ3n) is 2.36. The van der Waals surface area contributed by atoms with Gasteiger partial charge < -0.3 is 15.7 Å². The van der Waals surface area contributed by atoms with Crippen LogP contribution >= 0.6 is 11.6 Å². The molecule has 0 aliphatic heterocycles. The average molecular weight is 282 g/mol. The van der Waals surface area contributed by atoms with Gasteiger partial charge in [-0.05, 0) is 24.6 Å². The summed E-state index contributed by atoms with van der Waals surface area (Å²) in [7, 11) is 0. The van der Waals surface area contributed by atoms with Gasteiger partial charge in [0.05, 0.1) is 11.3 Å². The summed E-state index contributed by atoms with van der Waals surface area (Å²) in [6, 6.07) is 4.62. The molecular weight excluding hydrogens is 270 g/mol. The summed E-state index contributed by atoms with van der Waals surface area (Å²) in [6.45, 7) is 1.64. The van der Waals surface area contributed by atoms with Crippen LogP contribution in [0.25, 0.3) is 0 Å². The minimum absolute atomic E-state index is 0.229. The Morgan fingerprint density at radius 3 is 2.74 bits per heavy atom. The first-order valence-electron chi connectivity index (χ1n) is 5.48. The van der Waals surface area contributed by atoms with E-state index in [9.17, 15) is 9.59 Å². The number of nitriles is 1. The number of benzene rings is 1. The van der Waals surface area contributed by atoms with Crippen molar-refractivity contribution >= 4 is 29.3 Å². The van der Waals surface area contributed by atoms with Crippen molar-refractivity contribution in [2.45, 2.75) is 19.4 Å². The number of carboxylic acids is 1. The van der Waals surface area contributed by atoms with E-state index in [1.54, 1.807) is 6.92 Å². The van der Waals surface area contributed by atoms with Crippen LogP contribution < -0.4 is 10.6 Å². The second-order valence-corrected chi connectivity index (χ2v) is 4.14. The number of carbonyl (C=O) groups excluding carboxylic acids is 1. The van der Waals surface area contributed by atoms with Crippen molar-refractivity contribution in [1.29, 1.82) is 5.26 Å². The number of hydrogen-bond acceptors (Lipinski definition) is 3. The van der Waals surface area contributed by atoms with Crippen LogP contribution in [0, 0.1) is 11.3 Å². The lowest BCUT2D eigenvalue weighted by atomic mass is 10.2. The number of carbonyl (C=O) groups is 2. The van der Waals surface area contributed by atoms with E-state index in [2.05, 4.69) is 10.6 Å². The molecule has 0 aliphatic carbocycles. The van der Waals surface area contributed by atoms with Crippen LogP contribution in [0.1, 0.15) is 18.9 Å². The van der Waals surface area contributed by atoms with Gasteiger partial charge in [0.2, 0.25) is 0 Å². The van der Waals surface area contributed by atoms with Gasteiger partial charge in [0.25, 0.3) is 0 Å². The molecule has 0 fully saturated rings. The molecule has 3 N–H and O–H groups in total. The minimum Gasteiger partial charge on any atom is -0.480 e. The molecule has 0 aromatic heterocycles. The number of carboxylic acid groups (broad SMARTS) is 1. The number of rotatable bonds is 4. The molecule has 1 aromatic carbocycles. The van der Waals surface area contributed by atoms with Gasteiger partial charge in [-0.3, -0.25) is 0 Å². The molecule has 0 radical (unpaired) electrons. The quantitative estimate of drug-likeness (QED) is 0.787. The average Bonchev–Trinajstić information content (AvgIpc) is 2.35. The third kappa shape index (κ3) is 4.16. The van der Waals surface area contributed by atoms with Crippen LogP contribution in [0.3, 0.4) is 0 Å². The van der Waals surface area contributed by atoms with Gasteiger partial charge in [0.15, 0.2) is 0 Å². The van der Waals surface area contributed by atoms with Gasteiger partial charge in [-0.25, -0.2) is 9.59 Å². The summed E-state index contributed by atoms with van der Waals surface area (Å²) in [4.78, 5) is 22.4. The first kappa shape index (κ1) is 14.8. The molecule has 1 aromatic rings. The maximum absolute atomic E-state index is 11.6. The lowest BCUT2D eigenvalue weighted by Gasteiger charge is -2.13. The number of hydrogen-bond donors (Lipinski definition) is 3. The van der Waals surface area contributed by atoms with E-state index >= 15 is 0 Å². The van der Waals surface area contributed by atoms with Crippen molar-refractivity contribution in [3.05, 3.63) is 28.8 Å². The van der Waals surface area contributed by atoms with Gasteiger partial charge in [0.1, 0.15) is 12.1 Å². The van der Waals surface area contributed by atoms with Gasteiger partial charge in [0, 0.05) is 5.02 Å². The smallest absolute Gasteiger partial charge is 0.326 e. The Labute approximate surface area is 115 Å². The monoisotopic (exact) mass is 281 g/mol. The summed E-state index contributed by atoms with van der Waals surface area (Å²) >= 11 is 5.77. The first-order chi connectivity index (χ1) is 8.97. The standard InChI is InChI=1S/C12H12ClN3O3/c1-2-9(11(17)18)15-12(19)16-10-5-8(13)4-3-7(10)6-14/h3-5,9H,2H2,1H3,(H,17,18)(H2,15,16,19)/t9-/m1/s1. The second-order valence-electron chi connectivity index (χ2n) is 3.70. The Morgan fingerprint density at radius 2 is 2.21 bits per heavy atom. The van der Waals surface area contributed by atoms with Crippen molar-refractivity contribution < 1.29 is 14.7 Å². The van der Waals surface area contributed by atoms with Crippen LogP contribution in [0.15, 0.2) is 18.2 Å². The predicted octanol–water partition coefficient (Wildman–Crippen LogP) is 2.20. The fourth-order valence-corrected chi connectivity index (χ4v) is 1.54. The molecule has 1 atom stereocenters. The van der Waals surface area contributed by atoms with E-state index in [1.165, 1.54) is 18.2 Å². The third-order valence-corrected chi connectivity index (χ3v) is 2.60. The van der Waals surface area contributed by atoms with E-state index in [0.717, 1.165) is 0 Å². The molecule has 19 heavy (non-hydrogen) atoms. The van der Waals surface area contributed by atoms with E-state index in [4.69, 9.17) is 22.0 Å². The van der Waals surface area contributed by atoms with E-state index in [1.807, 2.05) is 6.07 Å². The summed E-state index contributed by atoms with van der Waals surface area (Å²) in [5.74, 6) is -1.12. The molecule has 7 heteroatoms. The van der Waals surface area contributed by atoms with Crippen LogP contribution in [0.5, 0.6) is 0 Å². The lowest BCUT2D eigenvalue weighted by Crippen LogP contribution is -2.42. The van der Waals surface area contributed by atoms with Crippen LogP contribution in [0.2, 0.25) is 5.02 Å². The molecule has 0 bridgehead atoms. The van der Waals surface area contributed by atoms with Gasteiger partial charge in [-0.1, -0.05) is 18.5 Å². The first-order valence-corrected chi connectivity index (χ1v) is 5.85. The van der Waals surface area contributed by atoms with Crippen LogP contribution in [-0.2, 0) is 4.79 Å². The van der Waals surface area contributed by atoms with Crippen molar-refractivity contribution in [1.82, 2.24) is 5.32 Å². The summed E-state index contributed by atoms with van der Waals surface area (Å²) in [5.41, 5.74) is 0.468. The SMILES string of the molecule is CC[C@@H](NC(=O)Nc1cc(Cl)ccc1C#N)C(=O)O. The van der Waals surface area contributed by atoms with E-state index < -0.39 is 18.0 Å². The summed E-state index contributed by atoms with van der Waals surface area (Å²) in [6.07, 6.45) is 0.253. The Balaban J connectivity index is 2.80. The molecule has 2 amide bonds. The highest BCUT2D eigenvalue weighted by molar-refractivity contribution is 6.31. The fourth-order valence-electron chi connectivity index (χ4n) is 1.37. The topological polar surface area (TPSA) is 102 Å². The second kappa shape index (κ2) is 6.61. The number of halogens is 1. The van der Waals surface area contributed by atoms with Crippen molar-refractivity contribution in [2.24, 2.45) is 0 Å². The Hall–Kier alpha value is -2.26. The highest BCUT2D eigenvalue weighted by Gasteiger charge is 2.18. The number of aliphatic carboxylic acids is 1. The number of urea groups is 1. The van der Waals surface area contributed by atoms with E-state index in [-0.39, 0.29) is 17.7 Å². The number of amides is 2. The molecule has 0 spiro atoms. The van der Waals surface area contributed by atoms with Crippen molar-refractivity contribution in [3.8, 4) is 6.07 Å². The van der Waals surface area contributed by atoms with Crippen LogP contribution in [0.4, 0.5) is 10.5 Å². The molecule has 6 nitrogen and oxygen atoms in total. The molecule has 1 rings (SSSR count). The van der Waals surface area contributed by atoms with Gasteiger partial charge >= 0.3 is 12.0 Å². The van der Waals surface area contributed by atoms with Crippen molar-refractivity contribution in [3.63, 3.8) is 0 Å². The number of nitrogens with one attached hydrogen (secondary N) is 2. The minimum atomic E-state index is -1.12. The number of anilines is 1. The Bertz CT molecular complexity index is 540. The zero-order chi connectivity index (χ0) is 14.4. The molecular formula is C12H12ClN3O3. The maximum atomic E-state index is 11.6. The lowest BCUT2D eigenvalue weighted by molar-refractivity contribution is -0.139. The predicted molar refractivity (Wildman–Crippen MR) is 70.0 cm³/mol. The molecule has 0 unspecified atom stereocenters. The molecule has 100 valence electrons. The number of nitrogens with zero attached hydrogens (tertiary/aromatic N) is 1. The molecule has 0 aliphatic rings. The van der Waals surface area contributed by atoms with Crippen molar-refractivity contribution in [2.75, 3.05) is 5.32 Å². The van der Waals surface area contributed by atoms with Crippen LogP contribution in [-0.4, -0.2) is 23.1 Å². The largest absolute Gasteiger partial charge is 0.480 e. The zero-order valence-electron chi connectivity index (χ0n) is 10.1. The Morgan fingerprint density at radius 1 is 1.53 bits per heavy atom. The zero-order valence-corrected chi connectivity index (χ0v) is 10.9. The highest BCUT2D eigenvalue weighted by Crippen LogP contribution is 2.20. The molecule has 0 saturated carbocycles. The van der Waals surface area contributed by atoms with E-state index in [0.29, 0.717) is 5.02 Å². The normalized spacial score (nSPS) is 11.2. The molecule has 0 heterocycles.